The summed E-state index contributed by atoms with van der Waals surface area (Å²) in [4.78, 5) is 2.41. The molecule has 1 atom stereocenters. The van der Waals surface area contributed by atoms with Crippen LogP contribution in [0.2, 0.25) is 0 Å². The Morgan fingerprint density at radius 1 is 1.27 bits per heavy atom. The Morgan fingerprint density at radius 3 is 2.20 bits per heavy atom. The van der Waals surface area contributed by atoms with Crippen LogP contribution < -0.4 is 5.73 Å². The maximum atomic E-state index is 6.23. The predicted molar refractivity (Wildman–Crippen MR) is 67.7 cm³/mol. The second kappa shape index (κ2) is 6.87. The van der Waals surface area contributed by atoms with Crippen molar-refractivity contribution >= 4 is 0 Å². The largest absolute Gasteiger partial charge is 0.326 e. The fourth-order valence-corrected chi connectivity index (χ4v) is 1.98. The van der Waals surface area contributed by atoms with Crippen LogP contribution in [0.5, 0.6) is 0 Å². The minimum absolute atomic E-state index is 0.0684. The molecule has 88 valence electrons. The molecule has 15 heavy (non-hydrogen) atoms. The highest BCUT2D eigenvalue weighted by molar-refractivity contribution is 4.98. The molecule has 2 N–H and O–H groups in total. The van der Waals surface area contributed by atoms with E-state index in [-0.39, 0.29) is 11.6 Å². The van der Waals surface area contributed by atoms with Gasteiger partial charge in [-0.3, -0.25) is 4.90 Å². The van der Waals surface area contributed by atoms with E-state index in [0.717, 1.165) is 25.9 Å². The Bertz CT molecular complexity index is 218. The first-order valence-electron chi connectivity index (χ1n) is 5.90. The highest BCUT2D eigenvalue weighted by Crippen LogP contribution is 2.20. The molecule has 0 aliphatic rings. The SMILES string of the molecule is CC#CCCC(N)C(C)(C)N(CC)CC. The van der Waals surface area contributed by atoms with E-state index in [1.54, 1.807) is 0 Å². The van der Waals surface area contributed by atoms with Gasteiger partial charge in [0.1, 0.15) is 0 Å². The number of nitrogens with two attached hydrogens (primary N) is 1. The molecule has 0 saturated carbocycles. The van der Waals surface area contributed by atoms with Crippen LogP contribution in [0.15, 0.2) is 0 Å². The molecular weight excluding hydrogens is 184 g/mol. The van der Waals surface area contributed by atoms with E-state index in [9.17, 15) is 0 Å². The van der Waals surface area contributed by atoms with Gasteiger partial charge >= 0.3 is 0 Å². The molecule has 0 radical (unpaired) electrons. The summed E-state index contributed by atoms with van der Waals surface area (Å²) in [5.74, 6) is 5.99. The van der Waals surface area contributed by atoms with Gasteiger partial charge in [-0.1, -0.05) is 13.8 Å². The molecule has 0 saturated heterocycles. The molecule has 0 bridgehead atoms. The standard InChI is InChI=1S/C13H26N2/c1-6-9-10-11-12(14)13(4,5)15(7-2)8-3/h12H,7-8,10-11,14H2,1-5H3. The second-order valence-electron chi connectivity index (χ2n) is 4.40. The molecule has 0 amide bonds. The lowest BCUT2D eigenvalue weighted by Gasteiger charge is -2.41. The zero-order valence-electron chi connectivity index (χ0n) is 10.9. The third-order valence-corrected chi connectivity index (χ3v) is 3.24. The smallest absolute Gasteiger partial charge is 0.0304 e. The van der Waals surface area contributed by atoms with Gasteiger partial charge in [0, 0.05) is 18.0 Å². The quantitative estimate of drug-likeness (QED) is 0.681. The zero-order chi connectivity index (χ0) is 11.9. The Morgan fingerprint density at radius 2 is 1.80 bits per heavy atom. The van der Waals surface area contributed by atoms with Crippen molar-refractivity contribution in [2.24, 2.45) is 5.73 Å². The molecule has 0 heterocycles. The molecule has 0 aromatic carbocycles. The summed E-state index contributed by atoms with van der Waals surface area (Å²) < 4.78 is 0. The summed E-state index contributed by atoms with van der Waals surface area (Å²) in [6.07, 6.45) is 1.88. The van der Waals surface area contributed by atoms with Crippen LogP contribution in [-0.2, 0) is 0 Å². The van der Waals surface area contributed by atoms with E-state index in [2.05, 4.69) is 44.4 Å². The average Bonchev–Trinajstić information content (AvgIpc) is 2.19. The first kappa shape index (κ1) is 14.5. The third-order valence-electron chi connectivity index (χ3n) is 3.24. The van der Waals surface area contributed by atoms with Gasteiger partial charge in [0.2, 0.25) is 0 Å². The summed E-state index contributed by atoms with van der Waals surface area (Å²) >= 11 is 0. The van der Waals surface area contributed by atoms with Gasteiger partial charge in [0.25, 0.3) is 0 Å². The van der Waals surface area contributed by atoms with Crippen molar-refractivity contribution in [2.75, 3.05) is 13.1 Å². The molecule has 2 nitrogen and oxygen atoms in total. The van der Waals surface area contributed by atoms with E-state index in [4.69, 9.17) is 5.73 Å². The van der Waals surface area contributed by atoms with Crippen molar-refractivity contribution in [3.63, 3.8) is 0 Å². The van der Waals surface area contributed by atoms with Crippen LogP contribution >= 0.6 is 0 Å². The van der Waals surface area contributed by atoms with Gasteiger partial charge < -0.3 is 5.73 Å². The van der Waals surface area contributed by atoms with Crippen molar-refractivity contribution in [2.45, 2.75) is 59.0 Å². The molecule has 0 spiro atoms. The van der Waals surface area contributed by atoms with Crippen molar-refractivity contribution in [3.8, 4) is 11.8 Å². The number of likely N-dealkylation sites (N-methyl/N-ethyl adjacent to an activating group) is 1. The first-order chi connectivity index (χ1) is 7.00. The topological polar surface area (TPSA) is 29.3 Å². The molecule has 0 aliphatic heterocycles. The Kier molecular flexibility index (Phi) is 6.63. The maximum Gasteiger partial charge on any atom is 0.0304 e. The number of nitrogens with zero attached hydrogens (tertiary/aromatic N) is 1. The molecule has 2 heteroatoms. The summed E-state index contributed by atoms with van der Waals surface area (Å²) in [5, 5.41) is 0. The first-order valence-corrected chi connectivity index (χ1v) is 5.90. The normalized spacial score (nSPS) is 13.5. The van der Waals surface area contributed by atoms with Crippen LogP contribution in [-0.4, -0.2) is 29.6 Å². The van der Waals surface area contributed by atoms with Crippen LogP contribution in [0.1, 0.15) is 47.5 Å². The molecule has 0 fully saturated rings. The highest BCUT2D eigenvalue weighted by Gasteiger charge is 2.30. The van der Waals surface area contributed by atoms with Crippen molar-refractivity contribution in [1.29, 1.82) is 0 Å². The van der Waals surface area contributed by atoms with Gasteiger partial charge in [0.05, 0.1) is 0 Å². The fraction of sp³-hybridized carbons (Fsp3) is 0.846. The minimum atomic E-state index is 0.0684. The predicted octanol–water partition coefficient (Wildman–Crippen LogP) is 2.24. The molecule has 0 aromatic heterocycles. The van der Waals surface area contributed by atoms with E-state index in [1.165, 1.54) is 0 Å². The summed E-state index contributed by atoms with van der Waals surface area (Å²) in [7, 11) is 0. The summed E-state index contributed by atoms with van der Waals surface area (Å²) in [5.41, 5.74) is 6.30. The number of hydrogen-bond donors (Lipinski definition) is 1. The Balaban J connectivity index is 4.32. The van der Waals surface area contributed by atoms with Gasteiger partial charge in [-0.05, 0) is 40.3 Å². The zero-order valence-corrected chi connectivity index (χ0v) is 10.9. The van der Waals surface area contributed by atoms with Crippen molar-refractivity contribution in [1.82, 2.24) is 4.90 Å². The van der Waals surface area contributed by atoms with Crippen molar-refractivity contribution < 1.29 is 0 Å². The number of rotatable bonds is 6. The summed E-state index contributed by atoms with van der Waals surface area (Å²) in [6, 6.07) is 0.193. The fourth-order valence-electron chi connectivity index (χ4n) is 1.98. The Labute approximate surface area is 95.2 Å². The highest BCUT2D eigenvalue weighted by atomic mass is 15.2. The van der Waals surface area contributed by atoms with Crippen LogP contribution in [0.3, 0.4) is 0 Å². The van der Waals surface area contributed by atoms with Gasteiger partial charge in [0.15, 0.2) is 0 Å². The third kappa shape index (κ3) is 4.24. The van der Waals surface area contributed by atoms with E-state index in [0.29, 0.717) is 0 Å². The molecular formula is C13H26N2. The van der Waals surface area contributed by atoms with E-state index in [1.807, 2.05) is 6.92 Å². The van der Waals surface area contributed by atoms with E-state index >= 15 is 0 Å². The van der Waals surface area contributed by atoms with Crippen LogP contribution in [0.25, 0.3) is 0 Å². The van der Waals surface area contributed by atoms with Crippen LogP contribution in [0, 0.1) is 11.8 Å². The number of hydrogen-bond acceptors (Lipinski definition) is 2. The molecule has 0 aromatic rings. The monoisotopic (exact) mass is 210 g/mol. The van der Waals surface area contributed by atoms with Crippen molar-refractivity contribution in [3.05, 3.63) is 0 Å². The molecule has 0 aliphatic carbocycles. The van der Waals surface area contributed by atoms with Gasteiger partial charge in [-0.15, -0.1) is 11.8 Å². The van der Waals surface area contributed by atoms with Gasteiger partial charge in [-0.25, -0.2) is 0 Å². The molecule has 0 rings (SSSR count). The average molecular weight is 210 g/mol. The van der Waals surface area contributed by atoms with Gasteiger partial charge in [-0.2, -0.15) is 0 Å². The lowest BCUT2D eigenvalue weighted by atomic mass is 9.89. The van der Waals surface area contributed by atoms with E-state index < -0.39 is 0 Å². The maximum absolute atomic E-state index is 6.23. The second-order valence-corrected chi connectivity index (χ2v) is 4.40. The lowest BCUT2D eigenvalue weighted by Crippen LogP contribution is -2.55. The summed E-state index contributed by atoms with van der Waals surface area (Å²) in [6.45, 7) is 12.8. The Hall–Kier alpha value is -0.520. The van der Waals surface area contributed by atoms with Crippen LogP contribution in [0.4, 0.5) is 0 Å². The lowest BCUT2D eigenvalue weighted by molar-refractivity contribution is 0.104. The molecule has 1 unspecified atom stereocenters. The minimum Gasteiger partial charge on any atom is -0.326 e.